The molecule has 0 spiro atoms. The van der Waals surface area contributed by atoms with Crippen LogP contribution in [0.4, 0.5) is 0 Å². The predicted octanol–water partition coefficient (Wildman–Crippen LogP) is 2.94. The molecule has 1 aromatic heterocycles. The second-order valence-electron chi connectivity index (χ2n) is 4.84. The zero-order valence-electron chi connectivity index (χ0n) is 8.49. The number of thiophene rings is 1. The SMILES string of the molecule is CC1CC1(O)C1CCCc2sccc21. The van der Waals surface area contributed by atoms with Gasteiger partial charge in [0.25, 0.3) is 0 Å². The largest absolute Gasteiger partial charge is 0.389 e. The van der Waals surface area contributed by atoms with E-state index < -0.39 is 0 Å². The van der Waals surface area contributed by atoms with Crippen molar-refractivity contribution < 1.29 is 5.11 Å². The number of aliphatic hydroxyl groups is 1. The molecule has 1 N–H and O–H groups in total. The Morgan fingerprint density at radius 1 is 1.57 bits per heavy atom. The summed E-state index contributed by atoms with van der Waals surface area (Å²) in [6.07, 6.45) is 4.68. The van der Waals surface area contributed by atoms with Crippen molar-refractivity contribution in [3.8, 4) is 0 Å². The van der Waals surface area contributed by atoms with Gasteiger partial charge < -0.3 is 5.11 Å². The highest BCUT2D eigenvalue weighted by molar-refractivity contribution is 7.10. The summed E-state index contributed by atoms with van der Waals surface area (Å²) in [6.45, 7) is 2.17. The van der Waals surface area contributed by atoms with Gasteiger partial charge in [-0.1, -0.05) is 6.92 Å². The molecule has 0 aromatic carbocycles. The van der Waals surface area contributed by atoms with Gasteiger partial charge in [-0.05, 0) is 48.6 Å². The first kappa shape index (κ1) is 8.93. The van der Waals surface area contributed by atoms with Gasteiger partial charge >= 0.3 is 0 Å². The molecule has 0 aliphatic heterocycles. The van der Waals surface area contributed by atoms with E-state index in [0.29, 0.717) is 11.8 Å². The lowest BCUT2D eigenvalue weighted by molar-refractivity contribution is 0.0949. The summed E-state index contributed by atoms with van der Waals surface area (Å²) in [5, 5.41) is 12.6. The third kappa shape index (κ3) is 1.10. The van der Waals surface area contributed by atoms with Crippen LogP contribution in [0.25, 0.3) is 0 Å². The Labute approximate surface area is 88.8 Å². The highest BCUT2D eigenvalue weighted by Crippen LogP contribution is 2.56. The first-order valence-electron chi connectivity index (χ1n) is 5.50. The summed E-state index contributed by atoms with van der Waals surface area (Å²) in [5.74, 6) is 0.950. The minimum atomic E-state index is -0.351. The lowest BCUT2D eigenvalue weighted by atomic mass is 9.81. The van der Waals surface area contributed by atoms with E-state index in [2.05, 4.69) is 18.4 Å². The fraction of sp³-hybridized carbons (Fsp3) is 0.667. The molecule has 2 aliphatic rings. The third-order valence-corrected chi connectivity index (χ3v) is 4.98. The van der Waals surface area contributed by atoms with Gasteiger partial charge in [0.2, 0.25) is 0 Å². The maximum absolute atomic E-state index is 10.4. The van der Waals surface area contributed by atoms with Crippen LogP contribution in [-0.4, -0.2) is 10.7 Å². The van der Waals surface area contributed by atoms with Gasteiger partial charge in [0.05, 0.1) is 5.60 Å². The number of hydrogen-bond acceptors (Lipinski definition) is 2. The van der Waals surface area contributed by atoms with Gasteiger partial charge in [-0.15, -0.1) is 11.3 Å². The van der Waals surface area contributed by atoms with Crippen molar-refractivity contribution in [3.63, 3.8) is 0 Å². The Bertz CT molecular complexity index is 357. The van der Waals surface area contributed by atoms with Crippen LogP contribution in [0.3, 0.4) is 0 Å². The molecule has 1 nitrogen and oxygen atoms in total. The standard InChI is InChI=1S/C12H16OS/c1-8-7-12(8,13)10-3-2-4-11-9(10)5-6-14-11/h5-6,8,10,13H,2-4,7H2,1H3. The topological polar surface area (TPSA) is 20.2 Å². The summed E-state index contributed by atoms with van der Waals surface area (Å²) >= 11 is 1.86. The summed E-state index contributed by atoms with van der Waals surface area (Å²) in [5.41, 5.74) is 1.10. The molecule has 1 saturated carbocycles. The van der Waals surface area contributed by atoms with E-state index in [1.54, 1.807) is 0 Å². The fourth-order valence-corrected chi connectivity index (χ4v) is 3.91. The number of hydrogen-bond donors (Lipinski definition) is 1. The van der Waals surface area contributed by atoms with E-state index in [9.17, 15) is 5.11 Å². The normalized spacial score (nSPS) is 40.7. The van der Waals surface area contributed by atoms with E-state index in [1.807, 2.05) is 11.3 Å². The minimum absolute atomic E-state index is 0.351. The van der Waals surface area contributed by atoms with E-state index in [0.717, 1.165) is 6.42 Å². The Morgan fingerprint density at radius 3 is 3.07 bits per heavy atom. The first-order chi connectivity index (χ1) is 6.72. The van der Waals surface area contributed by atoms with E-state index in [4.69, 9.17) is 0 Å². The van der Waals surface area contributed by atoms with Crippen molar-refractivity contribution in [2.75, 3.05) is 0 Å². The zero-order valence-corrected chi connectivity index (χ0v) is 9.31. The van der Waals surface area contributed by atoms with Crippen molar-refractivity contribution in [2.24, 2.45) is 5.92 Å². The quantitative estimate of drug-likeness (QED) is 0.752. The highest BCUT2D eigenvalue weighted by Gasteiger charge is 2.56. The van der Waals surface area contributed by atoms with Crippen LogP contribution in [0.5, 0.6) is 0 Å². The molecule has 0 amide bonds. The van der Waals surface area contributed by atoms with Crippen LogP contribution in [-0.2, 0) is 6.42 Å². The summed E-state index contributed by atoms with van der Waals surface area (Å²) in [6, 6.07) is 2.23. The van der Waals surface area contributed by atoms with E-state index in [-0.39, 0.29) is 5.60 Å². The molecule has 14 heavy (non-hydrogen) atoms. The lowest BCUT2D eigenvalue weighted by Crippen LogP contribution is -2.25. The van der Waals surface area contributed by atoms with Gasteiger partial charge in [-0.25, -0.2) is 0 Å². The molecule has 3 atom stereocenters. The van der Waals surface area contributed by atoms with Crippen molar-refractivity contribution >= 4 is 11.3 Å². The molecule has 0 saturated heterocycles. The van der Waals surface area contributed by atoms with Crippen LogP contribution in [0.1, 0.15) is 42.5 Å². The molecule has 3 unspecified atom stereocenters. The highest BCUT2D eigenvalue weighted by atomic mass is 32.1. The average molecular weight is 208 g/mol. The lowest BCUT2D eigenvalue weighted by Gasteiger charge is -2.27. The third-order valence-electron chi connectivity index (χ3n) is 3.98. The van der Waals surface area contributed by atoms with Crippen LogP contribution in [0.2, 0.25) is 0 Å². The molecule has 0 bridgehead atoms. The average Bonchev–Trinajstić information content (AvgIpc) is 2.67. The summed E-state index contributed by atoms with van der Waals surface area (Å²) in [7, 11) is 0. The molecule has 2 heteroatoms. The van der Waals surface area contributed by atoms with E-state index in [1.165, 1.54) is 29.7 Å². The number of fused-ring (bicyclic) bond motifs is 1. The molecular formula is C12H16OS. The Balaban J connectivity index is 1.97. The van der Waals surface area contributed by atoms with E-state index >= 15 is 0 Å². The predicted molar refractivity (Wildman–Crippen MR) is 58.7 cm³/mol. The monoisotopic (exact) mass is 208 g/mol. The van der Waals surface area contributed by atoms with Crippen molar-refractivity contribution in [1.82, 2.24) is 0 Å². The number of aryl methyl sites for hydroxylation is 1. The first-order valence-corrected chi connectivity index (χ1v) is 6.38. The molecule has 1 fully saturated rings. The van der Waals surface area contributed by atoms with Crippen LogP contribution in [0.15, 0.2) is 11.4 Å². The second kappa shape index (κ2) is 2.83. The Hall–Kier alpha value is -0.340. The second-order valence-corrected chi connectivity index (χ2v) is 5.84. The fourth-order valence-electron chi connectivity index (χ4n) is 2.92. The van der Waals surface area contributed by atoms with Crippen LogP contribution >= 0.6 is 11.3 Å². The van der Waals surface area contributed by atoms with Crippen molar-refractivity contribution in [3.05, 3.63) is 21.9 Å². The maximum Gasteiger partial charge on any atom is 0.0746 e. The zero-order chi connectivity index (χ0) is 9.76. The van der Waals surface area contributed by atoms with Crippen molar-refractivity contribution in [2.45, 2.75) is 44.1 Å². The molecule has 1 heterocycles. The van der Waals surface area contributed by atoms with Gasteiger partial charge in [0.15, 0.2) is 0 Å². The Morgan fingerprint density at radius 2 is 2.36 bits per heavy atom. The minimum Gasteiger partial charge on any atom is -0.389 e. The molecule has 3 rings (SSSR count). The van der Waals surface area contributed by atoms with Gasteiger partial charge in [-0.2, -0.15) is 0 Å². The van der Waals surface area contributed by atoms with Crippen molar-refractivity contribution in [1.29, 1.82) is 0 Å². The smallest absolute Gasteiger partial charge is 0.0746 e. The molecular weight excluding hydrogens is 192 g/mol. The number of rotatable bonds is 1. The van der Waals surface area contributed by atoms with Gasteiger partial charge in [-0.3, -0.25) is 0 Å². The molecule has 2 aliphatic carbocycles. The molecule has 76 valence electrons. The molecule has 1 aromatic rings. The molecule has 0 radical (unpaired) electrons. The summed E-state index contributed by atoms with van der Waals surface area (Å²) in [4.78, 5) is 1.52. The maximum atomic E-state index is 10.4. The van der Waals surface area contributed by atoms with Gasteiger partial charge in [0.1, 0.15) is 0 Å². The van der Waals surface area contributed by atoms with Crippen LogP contribution in [0, 0.1) is 5.92 Å². The van der Waals surface area contributed by atoms with Crippen LogP contribution < -0.4 is 0 Å². The Kier molecular flexibility index (Phi) is 1.80. The summed E-state index contributed by atoms with van der Waals surface area (Å²) < 4.78 is 0. The van der Waals surface area contributed by atoms with Gasteiger partial charge in [0, 0.05) is 10.8 Å².